The number of hydrogen-bond donors (Lipinski definition) is 2. The molecule has 100 valence electrons. The molecule has 6 nitrogen and oxygen atoms in total. The number of pyridine rings is 1. The van der Waals surface area contributed by atoms with E-state index in [0.29, 0.717) is 0 Å². The second kappa shape index (κ2) is 5.21. The molecular formula is C10H13ClN2O4S. The van der Waals surface area contributed by atoms with Gasteiger partial charge in [-0.15, -0.1) is 0 Å². The monoisotopic (exact) mass is 292 g/mol. The summed E-state index contributed by atoms with van der Waals surface area (Å²) in [7, 11) is -3.87. The van der Waals surface area contributed by atoms with Crippen LogP contribution >= 0.6 is 11.6 Å². The van der Waals surface area contributed by atoms with E-state index in [1.165, 1.54) is 32.2 Å². The van der Waals surface area contributed by atoms with Crippen molar-refractivity contribution in [2.45, 2.75) is 18.7 Å². The van der Waals surface area contributed by atoms with Gasteiger partial charge in [-0.3, -0.25) is 4.79 Å². The summed E-state index contributed by atoms with van der Waals surface area (Å²) in [5, 5.41) is 8.74. The number of rotatable bonds is 5. The number of nitrogens with one attached hydrogen (secondary N) is 1. The van der Waals surface area contributed by atoms with E-state index in [0.717, 1.165) is 0 Å². The van der Waals surface area contributed by atoms with E-state index in [1.807, 2.05) is 0 Å². The van der Waals surface area contributed by atoms with E-state index in [9.17, 15) is 13.2 Å². The molecule has 8 heteroatoms. The average molecular weight is 293 g/mol. The second-order valence-corrected chi connectivity index (χ2v) is 6.40. The van der Waals surface area contributed by atoms with Gasteiger partial charge in [0.1, 0.15) is 10.0 Å². The molecule has 1 heterocycles. The Bertz CT molecular complexity index is 557. The molecule has 2 N–H and O–H groups in total. The van der Waals surface area contributed by atoms with Gasteiger partial charge >= 0.3 is 5.97 Å². The van der Waals surface area contributed by atoms with Crippen molar-refractivity contribution in [3.63, 3.8) is 0 Å². The Morgan fingerprint density at radius 1 is 1.56 bits per heavy atom. The number of carboxylic acids is 1. The van der Waals surface area contributed by atoms with Crippen molar-refractivity contribution in [1.29, 1.82) is 0 Å². The molecule has 1 rings (SSSR count). The molecule has 0 fully saturated rings. The molecule has 0 amide bonds. The summed E-state index contributed by atoms with van der Waals surface area (Å²) in [5.74, 6) is -1.09. The predicted molar refractivity (Wildman–Crippen MR) is 65.9 cm³/mol. The minimum Gasteiger partial charge on any atom is -0.481 e. The number of aliphatic carboxylic acids is 1. The molecule has 18 heavy (non-hydrogen) atoms. The molecule has 0 aliphatic rings. The van der Waals surface area contributed by atoms with E-state index < -0.39 is 21.4 Å². The van der Waals surface area contributed by atoms with Crippen LogP contribution in [-0.4, -0.2) is 31.0 Å². The number of carboxylic acid groups (broad SMARTS) is 1. The van der Waals surface area contributed by atoms with Crippen LogP contribution in [0.25, 0.3) is 0 Å². The first kappa shape index (κ1) is 14.9. The quantitative estimate of drug-likeness (QED) is 0.793. The number of carbonyl (C=O) groups is 1. The zero-order chi connectivity index (χ0) is 14.0. The molecule has 0 spiro atoms. The highest BCUT2D eigenvalue weighted by Gasteiger charge is 2.30. The maximum atomic E-state index is 11.9. The number of aromatic nitrogens is 1. The molecule has 0 radical (unpaired) electrons. The van der Waals surface area contributed by atoms with Gasteiger partial charge in [-0.05, 0) is 26.0 Å². The van der Waals surface area contributed by atoms with Crippen molar-refractivity contribution in [2.75, 3.05) is 6.54 Å². The van der Waals surface area contributed by atoms with Gasteiger partial charge < -0.3 is 5.11 Å². The van der Waals surface area contributed by atoms with Gasteiger partial charge in [-0.25, -0.2) is 18.1 Å². The number of hydrogen-bond acceptors (Lipinski definition) is 4. The normalized spacial score (nSPS) is 12.4. The average Bonchev–Trinajstić information content (AvgIpc) is 2.27. The number of nitrogens with zero attached hydrogens (tertiary/aromatic N) is 1. The maximum Gasteiger partial charge on any atom is 0.310 e. The lowest BCUT2D eigenvalue weighted by molar-refractivity contribution is -0.146. The van der Waals surface area contributed by atoms with Crippen molar-refractivity contribution in [2.24, 2.45) is 5.41 Å². The smallest absolute Gasteiger partial charge is 0.310 e. The fourth-order valence-electron chi connectivity index (χ4n) is 1.00. The summed E-state index contributed by atoms with van der Waals surface area (Å²) < 4.78 is 26.0. The van der Waals surface area contributed by atoms with Crippen molar-refractivity contribution < 1.29 is 18.3 Å². The summed E-state index contributed by atoms with van der Waals surface area (Å²) in [6.45, 7) is 2.60. The van der Waals surface area contributed by atoms with Gasteiger partial charge in [0, 0.05) is 12.7 Å². The Morgan fingerprint density at radius 2 is 2.17 bits per heavy atom. The Balaban J connectivity index is 2.92. The standard InChI is InChI=1S/C10H13ClN2O4S/c1-10(2,9(14)15)6-13-18(16,17)7-4-3-5-12-8(7)11/h3-5,13H,6H2,1-2H3,(H,14,15). The molecule has 0 atom stereocenters. The molecule has 0 aliphatic heterocycles. The molecule has 1 aromatic rings. The zero-order valence-electron chi connectivity index (χ0n) is 9.84. The third kappa shape index (κ3) is 3.41. The second-order valence-electron chi connectivity index (χ2n) is 4.31. The lowest BCUT2D eigenvalue weighted by Gasteiger charge is -2.19. The fraction of sp³-hybridized carbons (Fsp3) is 0.400. The Kier molecular flexibility index (Phi) is 4.31. The summed E-state index contributed by atoms with van der Waals surface area (Å²) >= 11 is 5.67. The van der Waals surface area contributed by atoms with Crippen LogP contribution in [0, 0.1) is 5.41 Å². The Morgan fingerprint density at radius 3 is 2.67 bits per heavy atom. The minimum absolute atomic E-state index is 0.155. The lowest BCUT2D eigenvalue weighted by Crippen LogP contribution is -2.38. The molecular weight excluding hydrogens is 280 g/mol. The molecule has 1 aromatic heterocycles. The van der Waals surface area contributed by atoms with E-state index >= 15 is 0 Å². The molecule has 0 bridgehead atoms. The van der Waals surface area contributed by atoms with Crippen LogP contribution in [0.15, 0.2) is 23.2 Å². The molecule has 0 saturated heterocycles. The van der Waals surface area contributed by atoms with Crippen molar-refractivity contribution >= 4 is 27.6 Å². The first-order valence-electron chi connectivity index (χ1n) is 5.00. The largest absolute Gasteiger partial charge is 0.481 e. The highest BCUT2D eigenvalue weighted by atomic mass is 35.5. The van der Waals surface area contributed by atoms with E-state index in [-0.39, 0.29) is 16.6 Å². The first-order valence-corrected chi connectivity index (χ1v) is 6.86. The van der Waals surface area contributed by atoms with Crippen LogP contribution in [0.2, 0.25) is 5.15 Å². The van der Waals surface area contributed by atoms with Gasteiger partial charge in [0.05, 0.1) is 5.41 Å². The van der Waals surface area contributed by atoms with Gasteiger partial charge in [0.2, 0.25) is 10.0 Å². The van der Waals surface area contributed by atoms with Crippen molar-refractivity contribution in [1.82, 2.24) is 9.71 Å². The van der Waals surface area contributed by atoms with Crippen LogP contribution in [0.1, 0.15) is 13.8 Å². The van der Waals surface area contributed by atoms with Crippen LogP contribution in [0.5, 0.6) is 0 Å². The third-order valence-corrected chi connectivity index (χ3v) is 4.14. The molecule has 0 aliphatic carbocycles. The highest BCUT2D eigenvalue weighted by molar-refractivity contribution is 7.89. The maximum absolute atomic E-state index is 11.9. The summed E-state index contributed by atoms with van der Waals surface area (Å²) in [6.07, 6.45) is 1.36. The van der Waals surface area contributed by atoms with Crippen LogP contribution in [-0.2, 0) is 14.8 Å². The van der Waals surface area contributed by atoms with Gasteiger partial charge in [0.25, 0.3) is 0 Å². The lowest BCUT2D eigenvalue weighted by atomic mass is 9.95. The van der Waals surface area contributed by atoms with E-state index in [1.54, 1.807) is 0 Å². The van der Waals surface area contributed by atoms with E-state index in [2.05, 4.69) is 9.71 Å². The van der Waals surface area contributed by atoms with E-state index in [4.69, 9.17) is 16.7 Å². The summed E-state index contributed by atoms with van der Waals surface area (Å²) in [6, 6.07) is 2.73. The van der Waals surface area contributed by atoms with Gasteiger partial charge in [0.15, 0.2) is 0 Å². The van der Waals surface area contributed by atoms with Crippen LogP contribution in [0.3, 0.4) is 0 Å². The van der Waals surface area contributed by atoms with Gasteiger partial charge in [-0.1, -0.05) is 11.6 Å². The Labute approximate surface area is 110 Å². The summed E-state index contributed by atoms with van der Waals surface area (Å²) in [4.78, 5) is 14.3. The molecule has 0 unspecified atom stereocenters. The van der Waals surface area contributed by atoms with Crippen LogP contribution < -0.4 is 4.72 Å². The number of halogens is 1. The highest BCUT2D eigenvalue weighted by Crippen LogP contribution is 2.19. The zero-order valence-corrected chi connectivity index (χ0v) is 11.4. The minimum atomic E-state index is -3.87. The Hall–Kier alpha value is -1.18. The van der Waals surface area contributed by atoms with Gasteiger partial charge in [-0.2, -0.15) is 0 Å². The first-order chi connectivity index (χ1) is 8.17. The number of sulfonamides is 1. The predicted octanol–water partition coefficient (Wildman–Crippen LogP) is 1.12. The summed E-state index contributed by atoms with van der Waals surface area (Å²) in [5.41, 5.74) is -1.21. The van der Waals surface area contributed by atoms with Crippen molar-refractivity contribution in [3.05, 3.63) is 23.5 Å². The molecule has 0 aromatic carbocycles. The topological polar surface area (TPSA) is 96.4 Å². The van der Waals surface area contributed by atoms with Crippen LogP contribution in [0.4, 0.5) is 0 Å². The fourth-order valence-corrected chi connectivity index (χ4v) is 2.66. The van der Waals surface area contributed by atoms with Crippen molar-refractivity contribution in [3.8, 4) is 0 Å². The SMILES string of the molecule is CC(C)(CNS(=O)(=O)c1cccnc1Cl)C(=O)O. The third-order valence-electron chi connectivity index (χ3n) is 2.30. The molecule has 0 saturated carbocycles.